The topological polar surface area (TPSA) is 53.7 Å². The van der Waals surface area contributed by atoms with Gasteiger partial charge in [0.1, 0.15) is 23.4 Å². The van der Waals surface area contributed by atoms with Crippen LogP contribution in [0.5, 0.6) is 17.2 Å². The number of rotatable bonds is 6. The van der Waals surface area contributed by atoms with Gasteiger partial charge in [-0.3, -0.25) is 0 Å². The van der Waals surface area contributed by atoms with Crippen molar-refractivity contribution in [3.05, 3.63) is 39.5 Å². The van der Waals surface area contributed by atoms with E-state index in [0.29, 0.717) is 21.6 Å². The van der Waals surface area contributed by atoms with Crippen LogP contribution in [0.15, 0.2) is 30.3 Å². The summed E-state index contributed by atoms with van der Waals surface area (Å²) in [6.45, 7) is 1.90. The Labute approximate surface area is 133 Å². The number of thiophene rings is 1. The summed E-state index contributed by atoms with van der Waals surface area (Å²) in [5.41, 5.74) is 6.04. The lowest BCUT2D eigenvalue weighted by atomic mass is 10.1. The van der Waals surface area contributed by atoms with E-state index in [1.807, 2.05) is 19.1 Å². The second-order valence-corrected chi connectivity index (χ2v) is 6.33. The van der Waals surface area contributed by atoms with Crippen LogP contribution in [0.1, 0.15) is 17.9 Å². The molecule has 2 atom stereocenters. The van der Waals surface area contributed by atoms with Gasteiger partial charge in [0, 0.05) is 29.1 Å². The predicted octanol–water partition coefficient (Wildman–Crippen LogP) is 3.89. The van der Waals surface area contributed by atoms with Crippen molar-refractivity contribution in [3.63, 3.8) is 0 Å². The van der Waals surface area contributed by atoms with Crippen LogP contribution < -0.4 is 19.9 Å². The Morgan fingerprint density at radius 1 is 1.05 bits per heavy atom. The third-order valence-corrected chi connectivity index (χ3v) is 4.23. The number of halogens is 1. The molecule has 0 fully saturated rings. The molecular formula is C15H18ClNO3S. The average molecular weight is 328 g/mol. The Kier molecular flexibility index (Phi) is 5.33. The van der Waals surface area contributed by atoms with Gasteiger partial charge in [-0.25, -0.2) is 0 Å². The Bertz CT molecular complexity index is 578. The van der Waals surface area contributed by atoms with E-state index in [1.165, 1.54) is 11.3 Å². The summed E-state index contributed by atoms with van der Waals surface area (Å²) in [5, 5.41) is 0. The minimum atomic E-state index is -0.278. The lowest BCUT2D eigenvalue weighted by molar-refractivity contribution is 0.183. The van der Waals surface area contributed by atoms with E-state index in [4.69, 9.17) is 31.5 Å². The molecule has 0 saturated heterocycles. The van der Waals surface area contributed by atoms with Crippen LogP contribution in [0.3, 0.4) is 0 Å². The summed E-state index contributed by atoms with van der Waals surface area (Å²) >= 11 is 7.45. The standard InChI is InChI=1S/C15H18ClNO3S/c1-9(17)15(13-4-5-14(16)21-13)20-12-7-10(18-2)6-11(8-12)19-3/h4-9,15H,17H2,1-3H3. The Hall–Kier alpha value is -1.43. The van der Waals surface area contributed by atoms with Crippen LogP contribution in [0, 0.1) is 0 Å². The minimum Gasteiger partial charge on any atom is -0.496 e. The van der Waals surface area contributed by atoms with Gasteiger partial charge in [0.2, 0.25) is 0 Å². The molecule has 2 unspecified atom stereocenters. The van der Waals surface area contributed by atoms with E-state index in [0.717, 1.165) is 4.88 Å². The van der Waals surface area contributed by atoms with Crippen molar-refractivity contribution in [2.24, 2.45) is 5.73 Å². The van der Waals surface area contributed by atoms with Crippen LogP contribution in [-0.2, 0) is 0 Å². The van der Waals surface area contributed by atoms with E-state index in [9.17, 15) is 0 Å². The summed E-state index contributed by atoms with van der Waals surface area (Å²) in [4.78, 5) is 0.983. The summed E-state index contributed by atoms with van der Waals surface area (Å²) in [7, 11) is 3.20. The molecule has 0 radical (unpaired) electrons. The Morgan fingerprint density at radius 3 is 2.05 bits per heavy atom. The fourth-order valence-corrected chi connectivity index (χ4v) is 3.11. The molecule has 2 N–H and O–H groups in total. The predicted molar refractivity (Wildman–Crippen MR) is 85.9 cm³/mol. The highest BCUT2D eigenvalue weighted by Gasteiger charge is 2.21. The molecule has 4 nitrogen and oxygen atoms in total. The second-order valence-electron chi connectivity index (χ2n) is 4.59. The molecule has 114 valence electrons. The number of ether oxygens (including phenoxy) is 3. The lowest BCUT2D eigenvalue weighted by Crippen LogP contribution is -2.28. The normalized spacial score (nSPS) is 13.6. The molecule has 1 aromatic heterocycles. The first-order valence-corrected chi connectivity index (χ1v) is 7.63. The number of methoxy groups -OCH3 is 2. The van der Waals surface area contributed by atoms with Crippen LogP contribution in [0.2, 0.25) is 4.34 Å². The van der Waals surface area contributed by atoms with Gasteiger partial charge >= 0.3 is 0 Å². The Balaban J connectivity index is 2.28. The molecule has 0 amide bonds. The van der Waals surface area contributed by atoms with Crippen molar-refractivity contribution in [1.29, 1.82) is 0 Å². The van der Waals surface area contributed by atoms with Gasteiger partial charge in [0.05, 0.1) is 18.6 Å². The van der Waals surface area contributed by atoms with Gasteiger partial charge in [-0.05, 0) is 19.1 Å². The van der Waals surface area contributed by atoms with Gasteiger partial charge in [-0.1, -0.05) is 11.6 Å². The first kappa shape index (κ1) is 15.9. The van der Waals surface area contributed by atoms with Gasteiger partial charge in [-0.15, -0.1) is 11.3 Å². The van der Waals surface area contributed by atoms with Crippen molar-refractivity contribution >= 4 is 22.9 Å². The SMILES string of the molecule is COc1cc(OC)cc(OC(c2ccc(Cl)s2)C(C)N)c1. The zero-order chi connectivity index (χ0) is 15.4. The van der Waals surface area contributed by atoms with Crippen molar-refractivity contribution in [3.8, 4) is 17.2 Å². The zero-order valence-corrected chi connectivity index (χ0v) is 13.7. The van der Waals surface area contributed by atoms with E-state index < -0.39 is 0 Å². The molecule has 0 spiro atoms. The Morgan fingerprint density at radius 2 is 1.62 bits per heavy atom. The molecule has 0 aliphatic rings. The minimum absolute atomic E-state index is 0.183. The molecule has 0 aliphatic carbocycles. The fourth-order valence-electron chi connectivity index (χ4n) is 1.90. The fraction of sp³-hybridized carbons (Fsp3) is 0.333. The third kappa shape index (κ3) is 4.03. The molecule has 6 heteroatoms. The molecule has 0 bridgehead atoms. The molecule has 2 rings (SSSR count). The summed E-state index contributed by atoms with van der Waals surface area (Å²) in [6.07, 6.45) is -0.278. The van der Waals surface area contributed by atoms with E-state index >= 15 is 0 Å². The molecule has 0 aliphatic heterocycles. The van der Waals surface area contributed by atoms with Crippen LogP contribution >= 0.6 is 22.9 Å². The number of benzene rings is 1. The van der Waals surface area contributed by atoms with Crippen LogP contribution in [0.4, 0.5) is 0 Å². The molecule has 2 aromatic rings. The monoisotopic (exact) mass is 327 g/mol. The molecule has 21 heavy (non-hydrogen) atoms. The van der Waals surface area contributed by atoms with E-state index in [2.05, 4.69) is 0 Å². The highest BCUT2D eigenvalue weighted by molar-refractivity contribution is 7.16. The first-order chi connectivity index (χ1) is 10.0. The van der Waals surface area contributed by atoms with Gasteiger partial charge in [0.15, 0.2) is 0 Å². The summed E-state index contributed by atoms with van der Waals surface area (Å²) in [5.74, 6) is 1.96. The number of nitrogens with two attached hydrogens (primary N) is 1. The maximum absolute atomic E-state index is 6.04. The van der Waals surface area contributed by atoms with Gasteiger partial charge in [0.25, 0.3) is 0 Å². The van der Waals surface area contributed by atoms with Crippen molar-refractivity contribution < 1.29 is 14.2 Å². The maximum atomic E-state index is 6.04. The molecule has 1 aromatic carbocycles. The summed E-state index contributed by atoms with van der Waals surface area (Å²) in [6, 6.07) is 8.97. The highest BCUT2D eigenvalue weighted by Crippen LogP contribution is 2.34. The maximum Gasteiger partial charge on any atom is 0.148 e. The third-order valence-electron chi connectivity index (χ3n) is 2.94. The first-order valence-electron chi connectivity index (χ1n) is 6.44. The van der Waals surface area contributed by atoms with Gasteiger partial charge in [-0.2, -0.15) is 0 Å². The second kappa shape index (κ2) is 7.02. The van der Waals surface area contributed by atoms with Crippen molar-refractivity contribution in [2.75, 3.05) is 14.2 Å². The summed E-state index contributed by atoms with van der Waals surface area (Å²) < 4.78 is 17.2. The van der Waals surface area contributed by atoms with Gasteiger partial charge < -0.3 is 19.9 Å². The molecule has 1 heterocycles. The lowest BCUT2D eigenvalue weighted by Gasteiger charge is -2.22. The van der Waals surface area contributed by atoms with Crippen molar-refractivity contribution in [1.82, 2.24) is 0 Å². The smallest absolute Gasteiger partial charge is 0.148 e. The largest absolute Gasteiger partial charge is 0.496 e. The van der Waals surface area contributed by atoms with Crippen LogP contribution in [0.25, 0.3) is 0 Å². The number of hydrogen-bond donors (Lipinski definition) is 1. The quantitative estimate of drug-likeness (QED) is 0.874. The number of hydrogen-bond acceptors (Lipinski definition) is 5. The van der Waals surface area contributed by atoms with Crippen molar-refractivity contribution in [2.45, 2.75) is 19.1 Å². The average Bonchev–Trinajstić information content (AvgIpc) is 2.90. The van der Waals surface area contributed by atoms with E-state index in [1.54, 1.807) is 32.4 Å². The van der Waals surface area contributed by atoms with E-state index in [-0.39, 0.29) is 12.1 Å². The molecular weight excluding hydrogens is 310 g/mol. The zero-order valence-electron chi connectivity index (χ0n) is 12.1. The molecule has 0 saturated carbocycles. The van der Waals surface area contributed by atoms with Crippen LogP contribution in [-0.4, -0.2) is 20.3 Å². The highest BCUT2D eigenvalue weighted by atomic mass is 35.5.